The molecule has 1 atom stereocenters. The number of amides is 2. The first-order chi connectivity index (χ1) is 12.0. The van der Waals surface area contributed by atoms with Crippen LogP contribution in [0, 0.1) is 0 Å². The lowest BCUT2D eigenvalue weighted by molar-refractivity contribution is -0.125. The molecule has 0 saturated heterocycles. The zero-order chi connectivity index (χ0) is 18.0. The first-order valence-corrected chi connectivity index (χ1v) is 7.93. The van der Waals surface area contributed by atoms with Crippen LogP contribution in [0.2, 0.25) is 0 Å². The summed E-state index contributed by atoms with van der Waals surface area (Å²) in [6.07, 6.45) is 2.52. The number of nitrogens with zero attached hydrogens (tertiary/aromatic N) is 2. The van der Waals surface area contributed by atoms with E-state index < -0.39 is 6.10 Å². The molecule has 1 aliphatic rings. The van der Waals surface area contributed by atoms with Crippen LogP contribution in [-0.2, 0) is 4.79 Å². The van der Waals surface area contributed by atoms with Crippen molar-refractivity contribution in [3.05, 3.63) is 60.4 Å². The van der Waals surface area contributed by atoms with Crippen LogP contribution in [0.5, 0.6) is 5.75 Å². The predicted molar refractivity (Wildman–Crippen MR) is 95.9 cm³/mol. The number of rotatable bonds is 4. The zero-order valence-electron chi connectivity index (χ0n) is 14.2. The molecule has 1 aromatic carbocycles. The summed E-state index contributed by atoms with van der Waals surface area (Å²) in [7, 11) is 0. The van der Waals surface area contributed by atoms with E-state index in [1.807, 2.05) is 6.92 Å². The highest BCUT2D eigenvalue weighted by atomic mass is 16.5. The van der Waals surface area contributed by atoms with Gasteiger partial charge in [-0.25, -0.2) is 0 Å². The lowest BCUT2D eigenvalue weighted by Gasteiger charge is -2.33. The quantitative estimate of drug-likeness (QED) is 0.871. The van der Waals surface area contributed by atoms with E-state index in [1.165, 1.54) is 6.20 Å². The molecule has 0 radical (unpaired) electrons. The maximum absolute atomic E-state index is 12.4. The monoisotopic (exact) mass is 337 g/mol. The van der Waals surface area contributed by atoms with Crippen LogP contribution >= 0.6 is 0 Å². The summed E-state index contributed by atoms with van der Waals surface area (Å²) in [5, 5.41) is 2.81. The number of hydrogen-bond acceptors (Lipinski definition) is 4. The third-order valence-corrected chi connectivity index (χ3v) is 3.78. The largest absolute Gasteiger partial charge is 0.479 e. The van der Waals surface area contributed by atoms with Gasteiger partial charge in [0, 0.05) is 30.7 Å². The van der Waals surface area contributed by atoms with Crippen LogP contribution in [0.3, 0.4) is 0 Å². The number of anilines is 2. The molecule has 0 aliphatic carbocycles. The minimum atomic E-state index is -0.587. The fraction of sp³-hybridized carbons (Fsp3) is 0.211. The number of pyridine rings is 1. The molecule has 6 nitrogen and oxygen atoms in total. The van der Waals surface area contributed by atoms with Crippen LogP contribution in [0.25, 0.3) is 0 Å². The third-order valence-electron chi connectivity index (χ3n) is 3.78. The molecule has 1 unspecified atom stereocenters. The van der Waals surface area contributed by atoms with E-state index >= 15 is 0 Å². The maximum Gasteiger partial charge on any atom is 0.268 e. The fourth-order valence-electron chi connectivity index (χ4n) is 2.62. The SMILES string of the molecule is C=C(C)CN1C(=O)C(C)Oc2cc(NC(=O)c3cccnc3)ccc21. The second-order valence-electron chi connectivity index (χ2n) is 6.02. The van der Waals surface area contributed by atoms with Gasteiger partial charge in [0.05, 0.1) is 11.3 Å². The van der Waals surface area contributed by atoms with E-state index in [4.69, 9.17) is 4.74 Å². The van der Waals surface area contributed by atoms with Gasteiger partial charge < -0.3 is 15.0 Å². The van der Waals surface area contributed by atoms with Crippen molar-refractivity contribution in [1.29, 1.82) is 0 Å². The minimum absolute atomic E-state index is 0.109. The van der Waals surface area contributed by atoms with Crippen LogP contribution in [0.4, 0.5) is 11.4 Å². The molecule has 25 heavy (non-hydrogen) atoms. The van der Waals surface area contributed by atoms with E-state index in [-0.39, 0.29) is 11.8 Å². The highest BCUT2D eigenvalue weighted by Gasteiger charge is 2.31. The van der Waals surface area contributed by atoms with Crippen LogP contribution < -0.4 is 15.0 Å². The molecule has 2 aromatic rings. The van der Waals surface area contributed by atoms with Gasteiger partial charge in [0.2, 0.25) is 0 Å². The molecular formula is C19H19N3O3. The lowest BCUT2D eigenvalue weighted by Crippen LogP contribution is -2.45. The number of benzene rings is 1. The van der Waals surface area contributed by atoms with E-state index in [0.29, 0.717) is 29.2 Å². The van der Waals surface area contributed by atoms with Gasteiger partial charge in [0.1, 0.15) is 5.75 Å². The summed E-state index contributed by atoms with van der Waals surface area (Å²) in [5.41, 5.74) is 2.60. The highest BCUT2D eigenvalue weighted by molar-refractivity contribution is 6.05. The molecule has 2 heterocycles. The number of carbonyl (C=O) groups excluding carboxylic acids is 2. The van der Waals surface area contributed by atoms with E-state index in [2.05, 4.69) is 16.9 Å². The number of hydrogen-bond donors (Lipinski definition) is 1. The van der Waals surface area contributed by atoms with Crippen LogP contribution in [0.15, 0.2) is 54.9 Å². The summed E-state index contributed by atoms with van der Waals surface area (Å²) in [4.78, 5) is 30.2. The molecule has 0 spiro atoms. The van der Waals surface area contributed by atoms with Crippen LogP contribution in [-0.4, -0.2) is 29.4 Å². The van der Waals surface area contributed by atoms with Gasteiger partial charge >= 0.3 is 0 Å². The standard InChI is InChI=1S/C19H19N3O3/c1-12(2)11-22-16-7-6-15(9-17(16)25-13(3)19(22)24)21-18(23)14-5-4-8-20-10-14/h4-10,13H,1,11H2,2-3H3,(H,21,23). The Balaban J connectivity index is 1.86. The zero-order valence-corrected chi connectivity index (χ0v) is 14.2. The number of carbonyl (C=O) groups is 2. The van der Waals surface area contributed by atoms with Gasteiger partial charge in [-0.2, -0.15) is 0 Å². The van der Waals surface area contributed by atoms with Crippen molar-refractivity contribution in [3.63, 3.8) is 0 Å². The second-order valence-corrected chi connectivity index (χ2v) is 6.02. The number of aromatic nitrogens is 1. The van der Waals surface area contributed by atoms with Gasteiger partial charge in [-0.3, -0.25) is 14.6 Å². The summed E-state index contributed by atoms with van der Waals surface area (Å²) in [6.45, 7) is 7.88. The number of ether oxygens (including phenoxy) is 1. The normalized spacial score (nSPS) is 16.0. The third kappa shape index (κ3) is 3.52. The summed E-state index contributed by atoms with van der Waals surface area (Å²) >= 11 is 0. The average molecular weight is 337 g/mol. The Morgan fingerprint density at radius 3 is 2.88 bits per heavy atom. The Bertz CT molecular complexity index is 833. The van der Waals surface area contributed by atoms with Gasteiger partial charge in [-0.05, 0) is 38.1 Å². The van der Waals surface area contributed by atoms with E-state index in [1.54, 1.807) is 48.4 Å². The Morgan fingerprint density at radius 1 is 1.40 bits per heavy atom. The van der Waals surface area contributed by atoms with E-state index in [9.17, 15) is 9.59 Å². The summed E-state index contributed by atoms with van der Waals surface area (Å²) < 4.78 is 5.70. The Morgan fingerprint density at radius 2 is 2.20 bits per heavy atom. The fourth-order valence-corrected chi connectivity index (χ4v) is 2.62. The van der Waals surface area contributed by atoms with Gasteiger partial charge in [0.25, 0.3) is 11.8 Å². The molecule has 2 amide bonds. The first kappa shape index (κ1) is 16.7. The molecule has 1 N–H and O–H groups in total. The molecule has 6 heteroatoms. The van der Waals surface area contributed by atoms with Crippen molar-refractivity contribution >= 4 is 23.2 Å². The van der Waals surface area contributed by atoms with Gasteiger partial charge in [0.15, 0.2) is 6.10 Å². The lowest BCUT2D eigenvalue weighted by atomic mass is 10.1. The van der Waals surface area contributed by atoms with Crippen molar-refractivity contribution in [2.75, 3.05) is 16.8 Å². The van der Waals surface area contributed by atoms with E-state index in [0.717, 1.165) is 5.57 Å². The topological polar surface area (TPSA) is 71.5 Å². The van der Waals surface area contributed by atoms with Crippen molar-refractivity contribution in [3.8, 4) is 5.75 Å². The average Bonchev–Trinajstić information content (AvgIpc) is 2.59. The molecule has 1 aromatic heterocycles. The summed E-state index contributed by atoms with van der Waals surface area (Å²) in [5.74, 6) is 0.187. The Kier molecular flexibility index (Phi) is 4.52. The molecule has 3 rings (SSSR count). The minimum Gasteiger partial charge on any atom is -0.479 e. The molecule has 128 valence electrons. The smallest absolute Gasteiger partial charge is 0.268 e. The highest BCUT2D eigenvalue weighted by Crippen LogP contribution is 2.36. The van der Waals surface area contributed by atoms with Crippen LogP contribution in [0.1, 0.15) is 24.2 Å². The van der Waals surface area contributed by atoms with Crippen molar-refractivity contribution in [1.82, 2.24) is 4.98 Å². The molecule has 1 aliphatic heterocycles. The van der Waals surface area contributed by atoms with Crippen molar-refractivity contribution in [2.24, 2.45) is 0 Å². The first-order valence-electron chi connectivity index (χ1n) is 7.93. The molecule has 0 fully saturated rings. The van der Waals surface area contributed by atoms with Crippen molar-refractivity contribution in [2.45, 2.75) is 20.0 Å². The molecular weight excluding hydrogens is 318 g/mol. The Labute approximate surface area is 146 Å². The van der Waals surface area contributed by atoms with Gasteiger partial charge in [-0.1, -0.05) is 12.2 Å². The van der Waals surface area contributed by atoms with Crippen molar-refractivity contribution < 1.29 is 14.3 Å². The Hall–Kier alpha value is -3.15. The number of fused-ring (bicyclic) bond motifs is 1. The van der Waals surface area contributed by atoms with Gasteiger partial charge in [-0.15, -0.1) is 0 Å². The molecule has 0 bridgehead atoms. The maximum atomic E-state index is 12.4. The molecule has 0 saturated carbocycles. The second kappa shape index (κ2) is 6.76. The summed E-state index contributed by atoms with van der Waals surface area (Å²) in [6, 6.07) is 8.62. The number of nitrogens with one attached hydrogen (secondary N) is 1. The predicted octanol–water partition coefficient (Wildman–Crippen LogP) is 3.02.